The summed E-state index contributed by atoms with van der Waals surface area (Å²) in [5.41, 5.74) is 1.30. The predicted octanol–water partition coefficient (Wildman–Crippen LogP) is 1.73. The van der Waals surface area contributed by atoms with Crippen LogP contribution in [-0.4, -0.2) is 22.2 Å². The first-order valence-electron chi connectivity index (χ1n) is 4.94. The zero-order valence-electron chi connectivity index (χ0n) is 9.13. The fourth-order valence-corrected chi connectivity index (χ4v) is 1.72. The minimum atomic E-state index is -1.01. The minimum absolute atomic E-state index is 0.206. The average Bonchev–Trinajstić information content (AvgIpc) is 2.14. The molecule has 1 aliphatic rings. The van der Waals surface area contributed by atoms with E-state index >= 15 is 0 Å². The summed E-state index contributed by atoms with van der Waals surface area (Å²) in [6, 6.07) is 0. The van der Waals surface area contributed by atoms with Gasteiger partial charge >= 0.3 is 0 Å². The van der Waals surface area contributed by atoms with Crippen molar-refractivity contribution in [3.8, 4) is 0 Å². The molecule has 0 spiro atoms. The summed E-state index contributed by atoms with van der Waals surface area (Å²) < 4.78 is 19.6. The Morgan fingerprint density at radius 2 is 1.93 bits per heavy atom. The lowest BCUT2D eigenvalue weighted by molar-refractivity contribution is 0.119. The van der Waals surface area contributed by atoms with Crippen molar-refractivity contribution in [3.05, 3.63) is 11.8 Å². The summed E-state index contributed by atoms with van der Waals surface area (Å²) in [5.74, 6) is 0. The molecule has 0 aromatic heterocycles. The smallest absolute Gasteiger partial charge is 0.122 e. The van der Waals surface area contributed by atoms with Crippen molar-refractivity contribution < 1.29 is 8.95 Å². The lowest BCUT2D eigenvalue weighted by Crippen LogP contribution is -2.30. The summed E-state index contributed by atoms with van der Waals surface area (Å²) in [6.45, 7) is 7.45. The van der Waals surface area contributed by atoms with Crippen molar-refractivity contribution in [1.29, 1.82) is 0 Å². The van der Waals surface area contributed by atoms with Crippen molar-refractivity contribution in [3.63, 3.8) is 0 Å². The van der Waals surface area contributed by atoms with E-state index < -0.39 is 11.0 Å². The molecule has 0 amide bonds. The van der Waals surface area contributed by atoms with Gasteiger partial charge in [-0.15, -0.1) is 0 Å². The number of nitrogens with one attached hydrogen (secondary N) is 1. The van der Waals surface area contributed by atoms with E-state index in [0.29, 0.717) is 0 Å². The van der Waals surface area contributed by atoms with Crippen molar-refractivity contribution >= 4 is 11.0 Å². The maximum Gasteiger partial charge on any atom is 0.122 e. The van der Waals surface area contributed by atoms with Crippen LogP contribution in [0.4, 0.5) is 0 Å². The molecular formula is C10H19NO2S. The Labute approximate surface area is 88.5 Å². The Morgan fingerprint density at radius 3 is 2.43 bits per heavy atom. The van der Waals surface area contributed by atoms with E-state index in [4.69, 9.17) is 4.74 Å². The van der Waals surface area contributed by atoms with Crippen molar-refractivity contribution in [2.75, 3.05) is 13.2 Å². The van der Waals surface area contributed by atoms with E-state index in [1.165, 1.54) is 5.57 Å². The molecule has 14 heavy (non-hydrogen) atoms. The molecule has 0 bridgehead atoms. The van der Waals surface area contributed by atoms with E-state index in [9.17, 15) is 4.21 Å². The zero-order chi connectivity index (χ0) is 10.6. The third kappa shape index (κ3) is 3.80. The maximum absolute atomic E-state index is 11.6. The van der Waals surface area contributed by atoms with Gasteiger partial charge < -0.3 is 9.46 Å². The first kappa shape index (κ1) is 11.7. The lowest BCUT2D eigenvalue weighted by Gasteiger charge is -2.19. The van der Waals surface area contributed by atoms with Crippen LogP contribution in [0.2, 0.25) is 0 Å². The van der Waals surface area contributed by atoms with Gasteiger partial charge in [-0.25, -0.2) is 4.21 Å². The van der Waals surface area contributed by atoms with Crippen LogP contribution in [0.15, 0.2) is 11.8 Å². The third-order valence-corrected chi connectivity index (χ3v) is 3.51. The fraction of sp³-hybridized carbons (Fsp3) is 0.800. The van der Waals surface area contributed by atoms with Crippen molar-refractivity contribution in [1.82, 2.24) is 4.72 Å². The van der Waals surface area contributed by atoms with Gasteiger partial charge in [-0.05, 0) is 39.2 Å². The van der Waals surface area contributed by atoms with Gasteiger partial charge in [-0.3, -0.25) is 0 Å². The highest BCUT2D eigenvalue weighted by atomic mass is 32.2. The van der Waals surface area contributed by atoms with Crippen LogP contribution in [-0.2, 0) is 15.7 Å². The van der Waals surface area contributed by atoms with Gasteiger partial charge in [0.25, 0.3) is 0 Å². The summed E-state index contributed by atoms with van der Waals surface area (Å²) >= 11 is 0. The Bertz CT molecular complexity index is 235. The zero-order valence-corrected chi connectivity index (χ0v) is 9.95. The van der Waals surface area contributed by atoms with Crippen molar-refractivity contribution in [2.24, 2.45) is 0 Å². The quantitative estimate of drug-likeness (QED) is 0.765. The molecule has 1 atom stereocenters. The van der Waals surface area contributed by atoms with E-state index in [2.05, 4.69) is 4.72 Å². The minimum Gasteiger partial charge on any atom is -0.381 e. The molecule has 4 heteroatoms. The Hall–Kier alpha value is -0.350. The lowest BCUT2D eigenvalue weighted by atomic mass is 10.1. The van der Waals surface area contributed by atoms with Crippen LogP contribution >= 0.6 is 0 Å². The molecule has 0 aromatic rings. The van der Waals surface area contributed by atoms with Gasteiger partial charge in [-0.1, -0.05) is 0 Å². The molecule has 0 saturated carbocycles. The fourth-order valence-electron chi connectivity index (χ4n) is 1.09. The molecule has 1 heterocycles. The van der Waals surface area contributed by atoms with Gasteiger partial charge in [-0.2, -0.15) is 0 Å². The number of ether oxygens (including phenoxy) is 1. The number of rotatable bonds is 2. The van der Waals surface area contributed by atoms with Gasteiger partial charge in [0.05, 0.1) is 18.0 Å². The highest BCUT2D eigenvalue weighted by Crippen LogP contribution is 2.13. The Kier molecular flexibility index (Phi) is 4.13. The highest BCUT2D eigenvalue weighted by molar-refractivity contribution is 7.84. The molecule has 82 valence electrons. The average molecular weight is 217 g/mol. The second-order valence-electron chi connectivity index (χ2n) is 4.41. The largest absolute Gasteiger partial charge is 0.381 e. The van der Waals surface area contributed by atoms with Crippen LogP contribution in [0.1, 0.15) is 33.6 Å². The summed E-state index contributed by atoms with van der Waals surface area (Å²) in [7, 11) is -1.01. The molecule has 3 nitrogen and oxygen atoms in total. The van der Waals surface area contributed by atoms with Gasteiger partial charge in [0, 0.05) is 6.20 Å². The first-order chi connectivity index (χ1) is 6.50. The molecular weight excluding hydrogens is 198 g/mol. The molecule has 0 aromatic carbocycles. The predicted molar refractivity (Wildman–Crippen MR) is 59.2 cm³/mol. The van der Waals surface area contributed by atoms with Gasteiger partial charge in [0.2, 0.25) is 0 Å². The standard InChI is InChI=1S/C10H19NO2S/c1-10(2,3)14(12)11-8-9-4-6-13-7-5-9/h8,11H,4-7H2,1-3H3. The molecule has 1 fully saturated rings. The van der Waals surface area contributed by atoms with Crippen molar-refractivity contribution in [2.45, 2.75) is 38.4 Å². The highest BCUT2D eigenvalue weighted by Gasteiger charge is 2.18. The van der Waals surface area contributed by atoms with E-state index in [-0.39, 0.29) is 4.75 Å². The molecule has 0 aliphatic carbocycles. The Morgan fingerprint density at radius 1 is 1.36 bits per heavy atom. The van der Waals surface area contributed by atoms with E-state index in [0.717, 1.165) is 26.1 Å². The monoisotopic (exact) mass is 217 g/mol. The molecule has 1 rings (SSSR count). The molecule has 1 aliphatic heterocycles. The van der Waals surface area contributed by atoms with Crippen LogP contribution in [0.5, 0.6) is 0 Å². The molecule has 1 saturated heterocycles. The molecule has 0 radical (unpaired) electrons. The topological polar surface area (TPSA) is 38.3 Å². The molecule has 1 unspecified atom stereocenters. The van der Waals surface area contributed by atoms with Crippen LogP contribution in [0, 0.1) is 0 Å². The van der Waals surface area contributed by atoms with E-state index in [1.807, 2.05) is 27.0 Å². The number of hydrogen-bond donors (Lipinski definition) is 1. The van der Waals surface area contributed by atoms with E-state index in [1.54, 1.807) is 0 Å². The number of hydrogen-bond acceptors (Lipinski definition) is 2. The normalized spacial score (nSPS) is 20.4. The maximum atomic E-state index is 11.6. The molecule has 1 N–H and O–H groups in total. The van der Waals surface area contributed by atoms with Gasteiger partial charge in [0.1, 0.15) is 11.0 Å². The summed E-state index contributed by atoms with van der Waals surface area (Å²) in [5, 5.41) is 0. The van der Waals surface area contributed by atoms with Gasteiger partial charge in [0.15, 0.2) is 0 Å². The second-order valence-corrected chi connectivity index (χ2v) is 6.41. The van der Waals surface area contributed by atoms with Crippen LogP contribution < -0.4 is 4.72 Å². The SMILES string of the molecule is CC(C)(C)S(=O)NC=C1CCOCC1. The third-order valence-electron chi connectivity index (χ3n) is 2.06. The first-order valence-corrected chi connectivity index (χ1v) is 6.09. The van der Waals surface area contributed by atoms with Crippen LogP contribution in [0.25, 0.3) is 0 Å². The second kappa shape index (κ2) is 4.94. The van der Waals surface area contributed by atoms with Crippen LogP contribution in [0.3, 0.4) is 0 Å². The summed E-state index contributed by atoms with van der Waals surface area (Å²) in [6.07, 6.45) is 3.80. The Balaban J connectivity index is 2.41. The summed E-state index contributed by atoms with van der Waals surface area (Å²) in [4.78, 5) is 0.